The Morgan fingerprint density at radius 2 is 1.88 bits per heavy atom. The standard InChI is InChI=1S/C15H25NO/c1-4-6-7-13(5-2)12-16-14-8-10-15(17-3)11-9-14/h8-11,13,16H,4-7,12H2,1-3H3. The number of hydrogen-bond acceptors (Lipinski definition) is 2. The van der Waals surface area contributed by atoms with Gasteiger partial charge in [-0.1, -0.05) is 33.1 Å². The van der Waals surface area contributed by atoms with Crippen molar-refractivity contribution < 1.29 is 4.74 Å². The molecule has 2 heteroatoms. The molecule has 0 aliphatic carbocycles. The number of unbranched alkanes of at least 4 members (excludes halogenated alkanes) is 1. The second-order valence-electron chi connectivity index (χ2n) is 4.53. The van der Waals surface area contributed by atoms with Crippen molar-refractivity contribution in [3.05, 3.63) is 24.3 Å². The first-order valence-corrected chi connectivity index (χ1v) is 6.68. The number of nitrogens with one attached hydrogen (secondary N) is 1. The summed E-state index contributed by atoms with van der Waals surface area (Å²) in [6, 6.07) is 8.14. The molecule has 1 atom stereocenters. The summed E-state index contributed by atoms with van der Waals surface area (Å²) >= 11 is 0. The van der Waals surface area contributed by atoms with E-state index < -0.39 is 0 Å². The van der Waals surface area contributed by atoms with E-state index in [0.29, 0.717) is 0 Å². The number of rotatable bonds is 8. The van der Waals surface area contributed by atoms with Crippen LogP contribution in [0.25, 0.3) is 0 Å². The van der Waals surface area contributed by atoms with E-state index in [0.717, 1.165) is 18.2 Å². The van der Waals surface area contributed by atoms with Gasteiger partial charge in [-0.3, -0.25) is 0 Å². The summed E-state index contributed by atoms with van der Waals surface area (Å²) in [5.74, 6) is 1.70. The highest BCUT2D eigenvalue weighted by Gasteiger charge is 2.05. The lowest BCUT2D eigenvalue weighted by molar-refractivity contribution is 0.415. The molecule has 1 rings (SSSR count). The van der Waals surface area contributed by atoms with Gasteiger partial charge in [0.25, 0.3) is 0 Å². The lowest BCUT2D eigenvalue weighted by Crippen LogP contribution is -2.13. The highest BCUT2D eigenvalue weighted by atomic mass is 16.5. The maximum atomic E-state index is 5.14. The summed E-state index contributed by atoms with van der Waals surface area (Å²) < 4.78 is 5.14. The minimum absolute atomic E-state index is 0.789. The second kappa shape index (κ2) is 7.99. The Morgan fingerprint density at radius 3 is 2.41 bits per heavy atom. The fourth-order valence-corrected chi connectivity index (χ4v) is 1.91. The van der Waals surface area contributed by atoms with Gasteiger partial charge in [-0.15, -0.1) is 0 Å². The summed E-state index contributed by atoms with van der Waals surface area (Å²) in [6.45, 7) is 5.60. The maximum absolute atomic E-state index is 5.14. The fourth-order valence-electron chi connectivity index (χ4n) is 1.91. The molecule has 0 heterocycles. The number of hydrogen-bond donors (Lipinski definition) is 1. The van der Waals surface area contributed by atoms with E-state index in [1.54, 1.807) is 7.11 Å². The first-order chi connectivity index (χ1) is 8.30. The lowest BCUT2D eigenvalue weighted by atomic mass is 9.99. The van der Waals surface area contributed by atoms with Crippen LogP contribution in [-0.2, 0) is 0 Å². The predicted octanol–water partition coefficient (Wildman–Crippen LogP) is 4.32. The molecule has 0 fully saturated rings. The number of methoxy groups -OCH3 is 1. The molecular weight excluding hydrogens is 210 g/mol. The zero-order valence-electron chi connectivity index (χ0n) is 11.3. The van der Waals surface area contributed by atoms with Crippen LogP contribution >= 0.6 is 0 Å². The van der Waals surface area contributed by atoms with Gasteiger partial charge in [0.2, 0.25) is 0 Å². The highest BCUT2D eigenvalue weighted by molar-refractivity contribution is 5.46. The minimum atomic E-state index is 0.789. The van der Waals surface area contributed by atoms with Crippen molar-refractivity contribution in [1.82, 2.24) is 0 Å². The monoisotopic (exact) mass is 235 g/mol. The quantitative estimate of drug-likeness (QED) is 0.724. The molecule has 17 heavy (non-hydrogen) atoms. The summed E-state index contributed by atoms with van der Waals surface area (Å²) in [7, 11) is 1.69. The largest absolute Gasteiger partial charge is 0.497 e. The average molecular weight is 235 g/mol. The van der Waals surface area contributed by atoms with Gasteiger partial charge in [-0.25, -0.2) is 0 Å². The van der Waals surface area contributed by atoms with Crippen molar-refractivity contribution in [1.29, 1.82) is 0 Å². The molecule has 1 N–H and O–H groups in total. The average Bonchev–Trinajstić information content (AvgIpc) is 2.39. The zero-order valence-corrected chi connectivity index (χ0v) is 11.3. The van der Waals surface area contributed by atoms with Crippen LogP contribution in [0.4, 0.5) is 5.69 Å². The zero-order chi connectivity index (χ0) is 12.5. The SMILES string of the molecule is CCCCC(CC)CNc1ccc(OC)cc1. The third kappa shape index (κ3) is 5.12. The molecule has 1 aromatic rings. The molecular formula is C15H25NO. The first-order valence-electron chi connectivity index (χ1n) is 6.68. The fraction of sp³-hybridized carbons (Fsp3) is 0.600. The van der Waals surface area contributed by atoms with Crippen molar-refractivity contribution in [2.45, 2.75) is 39.5 Å². The van der Waals surface area contributed by atoms with Gasteiger partial charge in [0.15, 0.2) is 0 Å². The van der Waals surface area contributed by atoms with Gasteiger partial charge in [-0.05, 0) is 36.6 Å². The summed E-state index contributed by atoms with van der Waals surface area (Å²) in [5.41, 5.74) is 1.18. The Morgan fingerprint density at radius 1 is 1.18 bits per heavy atom. The van der Waals surface area contributed by atoms with E-state index >= 15 is 0 Å². The van der Waals surface area contributed by atoms with E-state index in [-0.39, 0.29) is 0 Å². The Balaban J connectivity index is 2.36. The Hall–Kier alpha value is -1.18. The van der Waals surface area contributed by atoms with Crippen LogP contribution in [0.1, 0.15) is 39.5 Å². The van der Waals surface area contributed by atoms with Crippen LogP contribution in [-0.4, -0.2) is 13.7 Å². The molecule has 0 aromatic heterocycles. The van der Waals surface area contributed by atoms with Crippen LogP contribution in [0, 0.1) is 5.92 Å². The molecule has 0 amide bonds. The van der Waals surface area contributed by atoms with Crippen molar-refractivity contribution >= 4 is 5.69 Å². The molecule has 2 nitrogen and oxygen atoms in total. The van der Waals surface area contributed by atoms with Crippen LogP contribution in [0.2, 0.25) is 0 Å². The van der Waals surface area contributed by atoms with Crippen molar-refractivity contribution in [3.8, 4) is 5.75 Å². The van der Waals surface area contributed by atoms with E-state index in [4.69, 9.17) is 4.74 Å². The number of benzene rings is 1. The smallest absolute Gasteiger partial charge is 0.119 e. The lowest BCUT2D eigenvalue weighted by Gasteiger charge is -2.16. The molecule has 96 valence electrons. The van der Waals surface area contributed by atoms with Gasteiger partial charge in [0.1, 0.15) is 5.75 Å². The normalized spacial score (nSPS) is 12.2. The Kier molecular flexibility index (Phi) is 6.53. The molecule has 0 aliphatic rings. The highest BCUT2D eigenvalue weighted by Crippen LogP contribution is 2.17. The Labute approximate surface area is 105 Å². The van der Waals surface area contributed by atoms with E-state index in [9.17, 15) is 0 Å². The van der Waals surface area contributed by atoms with Crippen molar-refractivity contribution in [3.63, 3.8) is 0 Å². The molecule has 0 radical (unpaired) electrons. The maximum Gasteiger partial charge on any atom is 0.119 e. The van der Waals surface area contributed by atoms with E-state index in [1.807, 2.05) is 12.1 Å². The second-order valence-corrected chi connectivity index (χ2v) is 4.53. The molecule has 0 aliphatic heterocycles. The molecule has 0 spiro atoms. The summed E-state index contributed by atoms with van der Waals surface area (Å²) in [5, 5.41) is 3.50. The van der Waals surface area contributed by atoms with Crippen LogP contribution in [0.5, 0.6) is 5.75 Å². The molecule has 1 aromatic carbocycles. The van der Waals surface area contributed by atoms with Crippen molar-refractivity contribution in [2.24, 2.45) is 5.92 Å². The molecule has 1 unspecified atom stereocenters. The van der Waals surface area contributed by atoms with Crippen molar-refractivity contribution in [2.75, 3.05) is 19.0 Å². The minimum Gasteiger partial charge on any atom is -0.497 e. The Bertz CT molecular complexity index is 294. The molecule has 0 saturated heterocycles. The van der Waals surface area contributed by atoms with Gasteiger partial charge in [-0.2, -0.15) is 0 Å². The third-order valence-corrected chi connectivity index (χ3v) is 3.23. The summed E-state index contributed by atoms with van der Waals surface area (Å²) in [6.07, 6.45) is 5.21. The van der Waals surface area contributed by atoms with E-state index in [2.05, 4.69) is 31.3 Å². The van der Waals surface area contributed by atoms with Gasteiger partial charge in [0, 0.05) is 12.2 Å². The van der Waals surface area contributed by atoms with Crippen LogP contribution in [0.15, 0.2) is 24.3 Å². The van der Waals surface area contributed by atoms with Gasteiger partial charge in [0.05, 0.1) is 7.11 Å². The van der Waals surface area contributed by atoms with Crippen LogP contribution < -0.4 is 10.1 Å². The van der Waals surface area contributed by atoms with Gasteiger partial charge < -0.3 is 10.1 Å². The predicted molar refractivity (Wildman–Crippen MR) is 74.8 cm³/mol. The van der Waals surface area contributed by atoms with Gasteiger partial charge >= 0.3 is 0 Å². The first kappa shape index (κ1) is 13.9. The molecule has 0 bridgehead atoms. The van der Waals surface area contributed by atoms with E-state index in [1.165, 1.54) is 31.4 Å². The summed E-state index contributed by atoms with van der Waals surface area (Å²) in [4.78, 5) is 0. The molecule has 0 saturated carbocycles. The van der Waals surface area contributed by atoms with Crippen LogP contribution in [0.3, 0.4) is 0 Å². The topological polar surface area (TPSA) is 21.3 Å². The third-order valence-electron chi connectivity index (χ3n) is 3.23. The number of anilines is 1. The number of ether oxygens (including phenoxy) is 1.